The summed E-state index contributed by atoms with van der Waals surface area (Å²) in [6.45, 7) is 1.85. The highest BCUT2D eigenvalue weighted by atomic mass is 16.3. The molecule has 0 radical (unpaired) electrons. The molecule has 7 heteroatoms. The van der Waals surface area contributed by atoms with E-state index in [4.69, 9.17) is 18.8 Å². The molecule has 0 N–H and O–H groups in total. The zero-order valence-corrected chi connectivity index (χ0v) is 15.0. The van der Waals surface area contributed by atoms with Crippen molar-refractivity contribution >= 4 is 28.5 Å². The van der Waals surface area contributed by atoms with Gasteiger partial charge in [-0.2, -0.15) is 4.99 Å². The minimum Gasteiger partial charge on any atom is -0.463 e. The lowest BCUT2D eigenvalue weighted by Crippen LogP contribution is -2.17. The maximum atomic E-state index is 11.2. The number of anilines is 1. The van der Waals surface area contributed by atoms with Gasteiger partial charge in [0.15, 0.2) is 11.5 Å². The van der Waals surface area contributed by atoms with Gasteiger partial charge in [0.05, 0.1) is 23.7 Å². The number of isocyanates is 1. The van der Waals surface area contributed by atoms with Gasteiger partial charge in [0.25, 0.3) is 0 Å². The third kappa shape index (κ3) is 2.69. The molecule has 1 aromatic carbocycles. The molecule has 1 aliphatic heterocycles. The number of carbonyl (C=O) groups excluding carboxylic acids is 1. The first-order valence-corrected chi connectivity index (χ1v) is 9.10. The quantitative estimate of drug-likeness (QED) is 0.381. The lowest BCUT2D eigenvalue weighted by molar-refractivity contribution is 0.565. The van der Waals surface area contributed by atoms with Crippen molar-refractivity contribution in [3.8, 4) is 22.9 Å². The van der Waals surface area contributed by atoms with Crippen molar-refractivity contribution < 1.29 is 13.6 Å². The van der Waals surface area contributed by atoms with Crippen molar-refractivity contribution in [2.24, 2.45) is 4.99 Å². The fraction of sp³-hybridized carbons (Fsp3) is 0.190. The van der Waals surface area contributed by atoms with Gasteiger partial charge in [0.1, 0.15) is 22.6 Å². The maximum Gasteiger partial charge on any atom is 0.240 e. The highest BCUT2D eigenvalue weighted by molar-refractivity contribution is 5.97. The summed E-state index contributed by atoms with van der Waals surface area (Å²) in [4.78, 5) is 26.9. The van der Waals surface area contributed by atoms with Crippen LogP contribution in [0.2, 0.25) is 0 Å². The first-order chi connectivity index (χ1) is 13.8. The first-order valence-electron chi connectivity index (χ1n) is 9.10. The molecule has 138 valence electrons. The Kier molecular flexibility index (Phi) is 4.00. The van der Waals surface area contributed by atoms with E-state index in [2.05, 4.69) is 9.89 Å². The molecule has 0 atom stereocenters. The normalized spacial score (nSPS) is 13.8. The number of furan rings is 2. The predicted octanol–water partition coefficient (Wildman–Crippen LogP) is 4.72. The van der Waals surface area contributed by atoms with Crippen LogP contribution in [0.5, 0.6) is 0 Å². The molecule has 4 heterocycles. The van der Waals surface area contributed by atoms with Gasteiger partial charge in [0, 0.05) is 13.1 Å². The summed E-state index contributed by atoms with van der Waals surface area (Å²) in [6.07, 6.45) is 7.07. The summed E-state index contributed by atoms with van der Waals surface area (Å²) < 4.78 is 11.1. The summed E-state index contributed by atoms with van der Waals surface area (Å²) in [5.74, 6) is 1.15. The van der Waals surface area contributed by atoms with E-state index in [1.165, 1.54) is 0 Å². The lowest BCUT2D eigenvalue weighted by atomic mass is 10.1. The molecule has 28 heavy (non-hydrogen) atoms. The van der Waals surface area contributed by atoms with Crippen LogP contribution >= 0.6 is 0 Å². The molecule has 0 saturated carbocycles. The number of benzene rings is 1. The van der Waals surface area contributed by atoms with Crippen LogP contribution in [-0.4, -0.2) is 29.1 Å². The number of aliphatic imine (C=N–C) groups is 1. The molecule has 0 aliphatic carbocycles. The van der Waals surface area contributed by atoms with Crippen LogP contribution in [0.4, 0.5) is 11.4 Å². The number of hydrogen-bond acceptors (Lipinski definition) is 7. The van der Waals surface area contributed by atoms with E-state index in [-0.39, 0.29) is 0 Å². The van der Waals surface area contributed by atoms with Crippen LogP contribution in [0.3, 0.4) is 0 Å². The van der Waals surface area contributed by atoms with Crippen molar-refractivity contribution in [3.05, 3.63) is 48.9 Å². The van der Waals surface area contributed by atoms with Crippen molar-refractivity contribution in [2.45, 2.75) is 12.8 Å². The summed E-state index contributed by atoms with van der Waals surface area (Å²) in [5.41, 5.74) is 3.63. The number of hydrogen-bond donors (Lipinski definition) is 0. The summed E-state index contributed by atoms with van der Waals surface area (Å²) in [7, 11) is 0. The van der Waals surface area contributed by atoms with E-state index in [1.54, 1.807) is 30.7 Å². The third-order valence-corrected chi connectivity index (χ3v) is 4.90. The van der Waals surface area contributed by atoms with Crippen LogP contribution in [0.1, 0.15) is 12.8 Å². The molecule has 5 rings (SSSR count). The van der Waals surface area contributed by atoms with E-state index in [0.29, 0.717) is 39.6 Å². The van der Waals surface area contributed by atoms with E-state index < -0.39 is 0 Å². The van der Waals surface area contributed by atoms with Gasteiger partial charge in [-0.25, -0.2) is 14.8 Å². The van der Waals surface area contributed by atoms with E-state index in [1.807, 2.05) is 24.3 Å². The first kappa shape index (κ1) is 16.5. The molecule has 1 fully saturated rings. The smallest absolute Gasteiger partial charge is 0.240 e. The SMILES string of the molecule is O=C=Nc1c(N2CCCC2)ccc2nc(-c3ccco3)c(-c3ccco3)nc12. The zero-order valence-electron chi connectivity index (χ0n) is 15.0. The van der Waals surface area contributed by atoms with Crippen LogP contribution in [0.25, 0.3) is 33.9 Å². The Morgan fingerprint density at radius 3 is 2.21 bits per heavy atom. The van der Waals surface area contributed by atoms with E-state index in [9.17, 15) is 4.79 Å². The van der Waals surface area contributed by atoms with E-state index in [0.717, 1.165) is 31.6 Å². The zero-order chi connectivity index (χ0) is 18.9. The predicted molar refractivity (Wildman–Crippen MR) is 104 cm³/mol. The van der Waals surface area contributed by atoms with Gasteiger partial charge in [-0.1, -0.05) is 0 Å². The second kappa shape index (κ2) is 6.79. The number of rotatable bonds is 4. The molecular weight excluding hydrogens is 356 g/mol. The van der Waals surface area contributed by atoms with Gasteiger partial charge in [-0.3, -0.25) is 0 Å². The third-order valence-electron chi connectivity index (χ3n) is 4.90. The topological polar surface area (TPSA) is 84.7 Å². The molecule has 1 aliphatic rings. The molecule has 0 amide bonds. The Bertz CT molecular complexity index is 1170. The van der Waals surface area contributed by atoms with Crippen LogP contribution in [0, 0.1) is 0 Å². The van der Waals surface area contributed by atoms with Crippen molar-refractivity contribution in [1.29, 1.82) is 0 Å². The Morgan fingerprint density at radius 1 is 0.929 bits per heavy atom. The molecule has 7 nitrogen and oxygen atoms in total. The maximum absolute atomic E-state index is 11.2. The Hall–Kier alpha value is -3.70. The van der Waals surface area contributed by atoms with Gasteiger partial charge >= 0.3 is 0 Å². The second-order valence-electron chi connectivity index (χ2n) is 6.57. The largest absolute Gasteiger partial charge is 0.463 e. The minimum absolute atomic E-state index is 0.487. The van der Waals surface area contributed by atoms with Crippen molar-refractivity contribution in [3.63, 3.8) is 0 Å². The van der Waals surface area contributed by atoms with Gasteiger partial charge in [0.2, 0.25) is 6.08 Å². The molecule has 0 spiro atoms. The Morgan fingerprint density at radius 2 is 1.61 bits per heavy atom. The van der Waals surface area contributed by atoms with Crippen LogP contribution in [-0.2, 0) is 4.79 Å². The number of nitrogens with zero attached hydrogens (tertiary/aromatic N) is 4. The Balaban J connectivity index is 1.81. The summed E-state index contributed by atoms with van der Waals surface area (Å²) in [5, 5.41) is 0. The monoisotopic (exact) mass is 372 g/mol. The summed E-state index contributed by atoms with van der Waals surface area (Å²) in [6, 6.07) is 11.1. The van der Waals surface area contributed by atoms with Gasteiger partial charge in [-0.05, 0) is 49.2 Å². The molecule has 3 aromatic heterocycles. The molecule has 0 unspecified atom stereocenters. The minimum atomic E-state index is 0.487. The van der Waals surface area contributed by atoms with Gasteiger partial charge in [-0.15, -0.1) is 0 Å². The standard InChI is InChI=1S/C21H16N4O3/c26-13-22-19-15(25-9-1-2-10-25)8-7-14-18(19)24-21(17-6-4-12-28-17)20(23-14)16-5-3-11-27-16/h3-8,11-12H,1-2,9-10H2. The molecule has 0 bridgehead atoms. The van der Waals surface area contributed by atoms with E-state index >= 15 is 0 Å². The number of fused-ring (bicyclic) bond motifs is 1. The van der Waals surface area contributed by atoms with Crippen molar-refractivity contribution in [2.75, 3.05) is 18.0 Å². The molecule has 4 aromatic rings. The highest BCUT2D eigenvalue weighted by Gasteiger charge is 2.22. The molecule has 1 saturated heterocycles. The van der Waals surface area contributed by atoms with Crippen LogP contribution in [0.15, 0.2) is 62.8 Å². The lowest BCUT2D eigenvalue weighted by Gasteiger charge is -2.20. The highest BCUT2D eigenvalue weighted by Crippen LogP contribution is 2.39. The fourth-order valence-electron chi connectivity index (χ4n) is 3.64. The average molecular weight is 372 g/mol. The van der Waals surface area contributed by atoms with Crippen molar-refractivity contribution in [1.82, 2.24) is 9.97 Å². The van der Waals surface area contributed by atoms with Crippen LogP contribution < -0.4 is 4.90 Å². The summed E-state index contributed by atoms with van der Waals surface area (Å²) >= 11 is 0. The fourth-order valence-corrected chi connectivity index (χ4v) is 3.64. The number of aromatic nitrogens is 2. The molecular formula is C21H16N4O3. The second-order valence-corrected chi connectivity index (χ2v) is 6.57. The van der Waals surface area contributed by atoms with Gasteiger partial charge < -0.3 is 13.7 Å². The average Bonchev–Trinajstić information content (AvgIpc) is 3.51. The Labute approximate surface area is 160 Å².